The molecule has 4 heteroatoms. The number of nitrogens with zero attached hydrogens (tertiary/aromatic N) is 1. The third kappa shape index (κ3) is 2.38. The van der Waals surface area contributed by atoms with E-state index in [1.54, 1.807) is 4.90 Å². The average molecular weight is 158 g/mol. The minimum absolute atomic E-state index is 0.197. The smallest absolute Gasteiger partial charge is 0.411 e. The summed E-state index contributed by atoms with van der Waals surface area (Å²) in [5.74, 6) is 0. The Kier molecular flexibility index (Phi) is 3.16. The zero-order valence-corrected chi connectivity index (χ0v) is 6.80. The number of likely N-dealkylation sites (tertiary alicyclic amines) is 1. The van der Waals surface area contributed by atoms with E-state index < -0.39 is 0 Å². The maximum absolute atomic E-state index is 11.0. The summed E-state index contributed by atoms with van der Waals surface area (Å²) in [5.41, 5.74) is 0. The van der Waals surface area contributed by atoms with E-state index in [4.69, 9.17) is 4.74 Å². The topological polar surface area (TPSA) is 41.6 Å². The van der Waals surface area contributed by atoms with Crippen molar-refractivity contribution < 1.29 is 9.53 Å². The molecular weight excluding hydrogens is 144 g/mol. The summed E-state index contributed by atoms with van der Waals surface area (Å²) in [6.07, 6.45) is 0.910. The molecule has 0 unspecified atom stereocenters. The van der Waals surface area contributed by atoms with E-state index in [0.717, 1.165) is 26.1 Å². The molecule has 1 amide bonds. The second-order valence-corrected chi connectivity index (χ2v) is 2.50. The first-order valence-corrected chi connectivity index (χ1v) is 3.97. The first kappa shape index (κ1) is 8.33. The molecule has 1 aliphatic heterocycles. The summed E-state index contributed by atoms with van der Waals surface area (Å²) in [6.45, 7) is 4.83. The maximum atomic E-state index is 11.0. The zero-order chi connectivity index (χ0) is 8.10. The van der Waals surface area contributed by atoms with Crippen LogP contribution in [0.4, 0.5) is 4.79 Å². The van der Waals surface area contributed by atoms with E-state index in [9.17, 15) is 4.79 Å². The highest BCUT2D eigenvalue weighted by atomic mass is 16.6. The molecule has 0 radical (unpaired) electrons. The quantitative estimate of drug-likeness (QED) is 0.477. The molecule has 0 atom stereocenters. The molecule has 0 saturated carbocycles. The van der Waals surface area contributed by atoms with Gasteiger partial charge in [0.05, 0.1) is 0 Å². The highest BCUT2D eigenvalue weighted by Gasteiger charge is 2.20. The fraction of sp³-hybridized carbons (Fsp3) is 0.857. The zero-order valence-electron chi connectivity index (χ0n) is 6.80. The Balaban J connectivity index is 2.01. The number of ether oxygens (including phenoxy) is 1. The molecule has 1 saturated heterocycles. The largest absolute Gasteiger partial charge is 0.433 e. The van der Waals surface area contributed by atoms with Crippen molar-refractivity contribution in [2.45, 2.75) is 13.3 Å². The number of amides is 1. The van der Waals surface area contributed by atoms with Gasteiger partial charge in [-0.25, -0.2) is 4.79 Å². The molecule has 0 aromatic rings. The minimum Gasteiger partial charge on any atom is -0.433 e. The van der Waals surface area contributed by atoms with E-state index in [-0.39, 0.29) is 6.09 Å². The molecule has 0 bridgehead atoms. The van der Waals surface area contributed by atoms with Gasteiger partial charge in [-0.3, -0.25) is 5.32 Å². The van der Waals surface area contributed by atoms with Crippen molar-refractivity contribution in [3.63, 3.8) is 0 Å². The van der Waals surface area contributed by atoms with Crippen molar-refractivity contribution in [1.82, 2.24) is 10.2 Å². The lowest BCUT2D eigenvalue weighted by atomic mass is 10.2. The summed E-state index contributed by atoms with van der Waals surface area (Å²) in [5, 5.41) is 2.91. The Morgan fingerprint density at radius 3 is 2.82 bits per heavy atom. The third-order valence-electron chi connectivity index (χ3n) is 1.66. The number of hydrogen-bond donors (Lipinski definition) is 1. The molecule has 1 fully saturated rings. The number of hydrogen-bond acceptors (Lipinski definition) is 3. The van der Waals surface area contributed by atoms with Crippen molar-refractivity contribution in [2.75, 3.05) is 26.4 Å². The van der Waals surface area contributed by atoms with Gasteiger partial charge in [-0.05, 0) is 13.0 Å². The van der Waals surface area contributed by atoms with Crippen LogP contribution in [0.5, 0.6) is 0 Å². The Hall–Kier alpha value is -0.770. The highest BCUT2D eigenvalue weighted by Crippen LogP contribution is 2.06. The van der Waals surface area contributed by atoms with E-state index in [0.29, 0.717) is 6.73 Å². The number of carbonyl (C=O) groups excluding carboxylic acids is 1. The van der Waals surface area contributed by atoms with E-state index in [2.05, 4.69) is 5.32 Å². The molecule has 0 aromatic heterocycles. The molecule has 1 N–H and O–H groups in total. The predicted octanol–water partition coefficient (Wildman–Crippen LogP) is 0.396. The number of carbonyl (C=O) groups is 1. The highest BCUT2D eigenvalue weighted by molar-refractivity contribution is 5.68. The molecular formula is C7H14N2O2. The summed E-state index contributed by atoms with van der Waals surface area (Å²) in [7, 11) is 0. The van der Waals surface area contributed by atoms with Gasteiger partial charge in [0, 0.05) is 13.1 Å². The lowest BCUT2D eigenvalue weighted by Crippen LogP contribution is -2.43. The predicted molar refractivity (Wildman–Crippen MR) is 41.2 cm³/mol. The average Bonchev–Trinajstić information content (AvgIpc) is 1.84. The van der Waals surface area contributed by atoms with Crippen LogP contribution in [0, 0.1) is 0 Å². The molecule has 1 aliphatic rings. The van der Waals surface area contributed by atoms with E-state index in [1.165, 1.54) is 0 Å². The molecule has 0 spiro atoms. The van der Waals surface area contributed by atoms with Crippen LogP contribution in [0.15, 0.2) is 0 Å². The Morgan fingerprint density at radius 1 is 1.64 bits per heavy atom. The van der Waals surface area contributed by atoms with Crippen LogP contribution in [-0.4, -0.2) is 37.4 Å². The van der Waals surface area contributed by atoms with Crippen LogP contribution < -0.4 is 5.32 Å². The molecule has 1 heterocycles. The van der Waals surface area contributed by atoms with E-state index in [1.807, 2.05) is 6.92 Å². The monoisotopic (exact) mass is 158 g/mol. The van der Waals surface area contributed by atoms with Crippen molar-refractivity contribution in [2.24, 2.45) is 0 Å². The molecule has 11 heavy (non-hydrogen) atoms. The Labute approximate surface area is 66.5 Å². The van der Waals surface area contributed by atoms with Gasteiger partial charge in [0.2, 0.25) is 0 Å². The molecule has 0 aliphatic carbocycles. The lowest BCUT2D eigenvalue weighted by Gasteiger charge is -2.29. The van der Waals surface area contributed by atoms with Crippen LogP contribution in [0.1, 0.15) is 13.3 Å². The van der Waals surface area contributed by atoms with Gasteiger partial charge < -0.3 is 9.64 Å². The van der Waals surface area contributed by atoms with Crippen molar-refractivity contribution in [1.29, 1.82) is 0 Å². The normalized spacial score (nSPS) is 15.9. The van der Waals surface area contributed by atoms with Crippen LogP contribution in [0.3, 0.4) is 0 Å². The summed E-state index contributed by atoms with van der Waals surface area (Å²) in [4.78, 5) is 12.7. The van der Waals surface area contributed by atoms with Crippen molar-refractivity contribution in [3.8, 4) is 0 Å². The van der Waals surface area contributed by atoms with Gasteiger partial charge in [-0.2, -0.15) is 0 Å². The van der Waals surface area contributed by atoms with Crippen molar-refractivity contribution >= 4 is 6.09 Å². The molecule has 4 nitrogen and oxygen atoms in total. The van der Waals surface area contributed by atoms with Gasteiger partial charge in [-0.1, -0.05) is 6.92 Å². The molecule has 64 valence electrons. The van der Waals surface area contributed by atoms with Crippen molar-refractivity contribution in [3.05, 3.63) is 0 Å². The Morgan fingerprint density at radius 2 is 2.36 bits per heavy atom. The van der Waals surface area contributed by atoms with E-state index >= 15 is 0 Å². The van der Waals surface area contributed by atoms with Crippen LogP contribution >= 0.6 is 0 Å². The summed E-state index contributed by atoms with van der Waals surface area (Å²) < 4.78 is 4.86. The third-order valence-corrected chi connectivity index (χ3v) is 1.66. The van der Waals surface area contributed by atoms with Gasteiger partial charge in [0.25, 0.3) is 0 Å². The van der Waals surface area contributed by atoms with Crippen LogP contribution in [0.25, 0.3) is 0 Å². The summed E-state index contributed by atoms with van der Waals surface area (Å²) >= 11 is 0. The molecule has 1 rings (SSSR count). The lowest BCUT2D eigenvalue weighted by molar-refractivity contribution is 0.0753. The number of nitrogens with one attached hydrogen (secondary N) is 1. The van der Waals surface area contributed by atoms with Gasteiger partial charge in [0.15, 0.2) is 0 Å². The fourth-order valence-corrected chi connectivity index (χ4v) is 0.805. The van der Waals surface area contributed by atoms with Gasteiger partial charge in [0.1, 0.15) is 6.73 Å². The molecule has 0 aromatic carbocycles. The second-order valence-electron chi connectivity index (χ2n) is 2.50. The van der Waals surface area contributed by atoms with Gasteiger partial charge in [-0.15, -0.1) is 0 Å². The SMILES string of the molecule is CCNCOC(=O)N1CCC1. The first-order chi connectivity index (χ1) is 5.34. The second kappa shape index (κ2) is 4.18. The standard InChI is InChI=1S/C7H14N2O2/c1-2-8-6-11-7(10)9-4-3-5-9/h8H,2-6H2,1H3. The Bertz CT molecular complexity index is 134. The minimum atomic E-state index is -0.197. The first-order valence-electron chi connectivity index (χ1n) is 3.97. The van der Waals surface area contributed by atoms with Gasteiger partial charge >= 0.3 is 6.09 Å². The maximum Gasteiger partial charge on any atom is 0.411 e. The fourth-order valence-electron chi connectivity index (χ4n) is 0.805. The van der Waals surface area contributed by atoms with Crippen LogP contribution in [-0.2, 0) is 4.74 Å². The van der Waals surface area contributed by atoms with Crippen LogP contribution in [0.2, 0.25) is 0 Å². The summed E-state index contributed by atoms with van der Waals surface area (Å²) in [6, 6.07) is 0. The number of rotatable bonds is 3.